The van der Waals surface area contributed by atoms with E-state index < -0.39 is 23.8 Å². The van der Waals surface area contributed by atoms with Crippen molar-refractivity contribution in [2.24, 2.45) is 29.4 Å². The lowest BCUT2D eigenvalue weighted by Gasteiger charge is -2.30. The number of carbonyl (C=O) groups excluding carboxylic acids is 3. The maximum atomic E-state index is 14.1. The van der Waals surface area contributed by atoms with Gasteiger partial charge in [0.05, 0.1) is 17.9 Å². The Labute approximate surface area is 226 Å². The molecule has 1 aliphatic carbocycles. The van der Waals surface area contributed by atoms with E-state index >= 15 is 0 Å². The van der Waals surface area contributed by atoms with Gasteiger partial charge in [-0.1, -0.05) is 63.9 Å². The third-order valence-corrected chi connectivity index (χ3v) is 7.70. The molecular formula is C31H42N4O3. The van der Waals surface area contributed by atoms with Gasteiger partial charge in [0.1, 0.15) is 6.04 Å². The zero-order valence-electron chi connectivity index (χ0n) is 22.9. The molecule has 3 N–H and O–H groups in total. The average Bonchev–Trinajstić information content (AvgIpc) is 3.74. The second-order valence-corrected chi connectivity index (χ2v) is 11.3. The fourth-order valence-electron chi connectivity index (χ4n) is 5.50. The smallest absolute Gasteiger partial charge is 0.251 e. The molecule has 1 unspecified atom stereocenters. The number of unbranched alkanes of at least 4 members (excludes halogenated alkanes) is 1. The minimum atomic E-state index is -0.761. The van der Waals surface area contributed by atoms with Crippen LogP contribution in [0.15, 0.2) is 54.6 Å². The van der Waals surface area contributed by atoms with Gasteiger partial charge in [0, 0.05) is 24.1 Å². The molecule has 0 aromatic heterocycles. The van der Waals surface area contributed by atoms with Gasteiger partial charge in [0.2, 0.25) is 11.8 Å². The second kappa shape index (κ2) is 12.5. The molecule has 0 spiro atoms. The molecule has 1 heterocycles. The van der Waals surface area contributed by atoms with Gasteiger partial charge < -0.3 is 20.9 Å². The maximum absolute atomic E-state index is 14.1. The molecular weight excluding hydrogens is 476 g/mol. The number of nitrogens with two attached hydrogens (primary N) is 1. The van der Waals surface area contributed by atoms with Gasteiger partial charge in [-0.2, -0.15) is 0 Å². The molecule has 7 nitrogen and oxygen atoms in total. The Hall–Kier alpha value is -3.35. The Morgan fingerprint density at radius 1 is 1.00 bits per heavy atom. The van der Waals surface area contributed by atoms with Crippen molar-refractivity contribution in [3.8, 4) is 0 Å². The van der Waals surface area contributed by atoms with Crippen molar-refractivity contribution in [1.82, 2.24) is 5.32 Å². The zero-order valence-corrected chi connectivity index (χ0v) is 22.9. The topological polar surface area (TPSA) is 95.7 Å². The van der Waals surface area contributed by atoms with Crippen molar-refractivity contribution in [3.63, 3.8) is 0 Å². The normalized spacial score (nSPS) is 19.1. The number of para-hydroxylation sites is 3. The molecule has 0 bridgehead atoms. The van der Waals surface area contributed by atoms with Gasteiger partial charge in [0.25, 0.3) is 5.91 Å². The van der Waals surface area contributed by atoms with Gasteiger partial charge in [-0.15, -0.1) is 0 Å². The Kier molecular flexibility index (Phi) is 9.08. The number of nitrogens with one attached hydrogen (secondary N) is 1. The summed E-state index contributed by atoms with van der Waals surface area (Å²) >= 11 is 0. The van der Waals surface area contributed by atoms with Crippen molar-refractivity contribution in [2.75, 3.05) is 22.9 Å². The molecule has 3 atom stereocenters. The predicted octanol–water partition coefficient (Wildman–Crippen LogP) is 5.02. The first-order valence-corrected chi connectivity index (χ1v) is 14.1. The van der Waals surface area contributed by atoms with Gasteiger partial charge in [-0.05, 0) is 61.8 Å². The first-order chi connectivity index (χ1) is 18.3. The van der Waals surface area contributed by atoms with Crippen LogP contribution in [-0.2, 0) is 14.4 Å². The van der Waals surface area contributed by atoms with Crippen LogP contribution in [0.5, 0.6) is 0 Å². The van der Waals surface area contributed by atoms with Crippen LogP contribution in [0.2, 0.25) is 0 Å². The molecule has 3 amide bonds. The van der Waals surface area contributed by atoms with E-state index in [9.17, 15) is 14.4 Å². The molecule has 38 heavy (non-hydrogen) atoms. The summed E-state index contributed by atoms with van der Waals surface area (Å²) in [6.45, 7) is 7.09. The van der Waals surface area contributed by atoms with E-state index in [1.54, 1.807) is 0 Å². The summed E-state index contributed by atoms with van der Waals surface area (Å²) in [5.41, 5.74) is 8.58. The predicted molar refractivity (Wildman–Crippen MR) is 152 cm³/mol. The summed E-state index contributed by atoms with van der Waals surface area (Å²) < 4.78 is 0. The highest BCUT2D eigenvalue weighted by Gasteiger charge is 2.40. The van der Waals surface area contributed by atoms with Gasteiger partial charge in [0.15, 0.2) is 0 Å². The number of anilines is 3. The molecule has 1 saturated carbocycles. The van der Waals surface area contributed by atoms with E-state index in [1.165, 1.54) is 0 Å². The lowest BCUT2D eigenvalue weighted by molar-refractivity contribution is -0.136. The van der Waals surface area contributed by atoms with Crippen LogP contribution in [0.1, 0.15) is 59.3 Å². The average molecular weight is 519 g/mol. The van der Waals surface area contributed by atoms with E-state index in [-0.39, 0.29) is 17.7 Å². The highest BCUT2D eigenvalue weighted by Crippen LogP contribution is 2.40. The van der Waals surface area contributed by atoms with E-state index in [4.69, 9.17) is 5.73 Å². The number of carbonyl (C=O) groups is 3. The van der Waals surface area contributed by atoms with Crippen molar-refractivity contribution < 1.29 is 14.4 Å². The van der Waals surface area contributed by atoms with Crippen LogP contribution < -0.4 is 20.9 Å². The summed E-state index contributed by atoms with van der Waals surface area (Å²) in [4.78, 5) is 44.4. The van der Waals surface area contributed by atoms with E-state index in [1.807, 2.05) is 73.3 Å². The van der Waals surface area contributed by atoms with Crippen molar-refractivity contribution >= 4 is 34.8 Å². The number of hydrogen-bond donors (Lipinski definition) is 2. The Morgan fingerprint density at radius 3 is 2.26 bits per heavy atom. The lowest BCUT2D eigenvalue weighted by Crippen LogP contribution is -2.54. The van der Waals surface area contributed by atoms with Crippen LogP contribution in [0, 0.1) is 23.7 Å². The molecule has 2 aliphatic rings. The number of primary amides is 1. The monoisotopic (exact) mass is 518 g/mol. The van der Waals surface area contributed by atoms with Crippen LogP contribution >= 0.6 is 0 Å². The lowest BCUT2D eigenvalue weighted by atomic mass is 9.81. The van der Waals surface area contributed by atoms with E-state index in [2.05, 4.69) is 17.1 Å². The van der Waals surface area contributed by atoms with Gasteiger partial charge >= 0.3 is 0 Å². The summed E-state index contributed by atoms with van der Waals surface area (Å²) in [5.74, 6) is -1.25. The molecule has 0 radical (unpaired) electrons. The van der Waals surface area contributed by atoms with Crippen molar-refractivity contribution in [2.45, 2.75) is 65.3 Å². The highest BCUT2D eigenvalue weighted by atomic mass is 16.2. The molecule has 204 valence electrons. The van der Waals surface area contributed by atoms with E-state index in [0.29, 0.717) is 31.8 Å². The number of rotatable bonds is 12. The van der Waals surface area contributed by atoms with Crippen LogP contribution in [-0.4, -0.2) is 36.9 Å². The van der Waals surface area contributed by atoms with Crippen LogP contribution in [0.3, 0.4) is 0 Å². The van der Waals surface area contributed by atoms with Crippen molar-refractivity contribution in [1.29, 1.82) is 0 Å². The second-order valence-electron chi connectivity index (χ2n) is 11.3. The van der Waals surface area contributed by atoms with Crippen molar-refractivity contribution in [3.05, 3.63) is 54.6 Å². The molecule has 2 aromatic rings. The van der Waals surface area contributed by atoms with E-state index in [0.717, 1.165) is 42.7 Å². The van der Waals surface area contributed by atoms with Crippen LogP contribution in [0.25, 0.3) is 0 Å². The molecule has 0 saturated heterocycles. The molecule has 2 aromatic carbocycles. The minimum absolute atomic E-state index is 0.108. The SMILES string of the molecule is CCCC[C@H](C(N)=O)[C@@H](CC(C)C)C(=O)NC1CN(c2ccccc2)c2ccccc2N(CC2CC2)C1=O. The number of amides is 3. The Balaban J connectivity index is 1.69. The summed E-state index contributed by atoms with van der Waals surface area (Å²) in [7, 11) is 0. The summed E-state index contributed by atoms with van der Waals surface area (Å²) in [6, 6.07) is 17.2. The van der Waals surface area contributed by atoms with Gasteiger partial charge in [-0.25, -0.2) is 0 Å². The highest BCUT2D eigenvalue weighted by molar-refractivity contribution is 6.04. The van der Waals surface area contributed by atoms with Gasteiger partial charge in [-0.3, -0.25) is 14.4 Å². The Bertz CT molecular complexity index is 1120. The Morgan fingerprint density at radius 2 is 1.66 bits per heavy atom. The molecule has 1 fully saturated rings. The summed E-state index contributed by atoms with van der Waals surface area (Å²) in [6.07, 6.45) is 5.08. The molecule has 7 heteroatoms. The number of hydrogen-bond acceptors (Lipinski definition) is 4. The molecule has 1 aliphatic heterocycles. The third-order valence-electron chi connectivity index (χ3n) is 7.70. The number of nitrogens with zero attached hydrogens (tertiary/aromatic N) is 2. The first kappa shape index (κ1) is 27.7. The summed E-state index contributed by atoms with van der Waals surface area (Å²) in [5, 5.41) is 3.10. The fraction of sp³-hybridized carbons (Fsp3) is 0.516. The zero-order chi connectivity index (χ0) is 27.2. The largest absolute Gasteiger partial charge is 0.369 e. The quantitative estimate of drug-likeness (QED) is 0.412. The maximum Gasteiger partial charge on any atom is 0.251 e. The number of benzene rings is 2. The van der Waals surface area contributed by atoms with Crippen LogP contribution in [0.4, 0.5) is 17.1 Å². The first-order valence-electron chi connectivity index (χ1n) is 14.1. The fourth-order valence-corrected chi connectivity index (χ4v) is 5.50. The number of fused-ring (bicyclic) bond motifs is 1. The third kappa shape index (κ3) is 6.55. The molecule has 4 rings (SSSR count). The minimum Gasteiger partial charge on any atom is -0.369 e. The standard InChI is InChI=1S/C31H42N4O3/c1-4-5-13-24(29(32)36)25(18-21(2)3)30(37)33-26-20-34(23-11-7-6-8-12-23)27-14-9-10-15-28(27)35(31(26)38)19-22-16-17-22/h6-12,14-15,21-22,24-26H,4-5,13,16-20H2,1-3H3,(H2,32,36)(H,33,37)/t24-,25+,26?/m0/s1.